The largest absolute Gasteiger partial charge is 0.384 e. The highest BCUT2D eigenvalue weighted by atomic mass is 32.1. The Morgan fingerprint density at radius 1 is 1.58 bits per heavy atom. The van der Waals surface area contributed by atoms with Crippen molar-refractivity contribution in [3.05, 3.63) is 10.0 Å². The van der Waals surface area contributed by atoms with Gasteiger partial charge < -0.3 is 10.5 Å². The highest BCUT2D eigenvalue weighted by Gasteiger charge is 2.06. The third kappa shape index (κ3) is 2.51. The zero-order valence-electron chi connectivity index (χ0n) is 7.28. The molecule has 1 rings (SSSR count). The topological polar surface area (TPSA) is 61.0 Å². The zero-order valence-corrected chi connectivity index (χ0v) is 8.10. The average Bonchev–Trinajstić information content (AvgIpc) is 2.48. The molecule has 68 valence electrons. The number of ether oxygens (including phenoxy) is 1. The van der Waals surface area contributed by atoms with E-state index in [4.69, 9.17) is 10.5 Å². The van der Waals surface area contributed by atoms with Crippen molar-refractivity contribution >= 4 is 11.3 Å². The van der Waals surface area contributed by atoms with Gasteiger partial charge in [0.15, 0.2) is 0 Å². The van der Waals surface area contributed by atoms with Gasteiger partial charge in [-0.05, 0) is 6.92 Å². The van der Waals surface area contributed by atoms with Crippen LogP contribution in [0.1, 0.15) is 23.0 Å². The zero-order chi connectivity index (χ0) is 8.97. The van der Waals surface area contributed by atoms with E-state index in [0.717, 1.165) is 16.4 Å². The molecule has 2 N–H and O–H groups in total. The maximum absolute atomic E-state index is 5.63. The maximum atomic E-state index is 5.63. The fourth-order valence-corrected chi connectivity index (χ4v) is 1.52. The lowest BCUT2D eigenvalue weighted by molar-refractivity contribution is 0.202. The first-order valence-electron chi connectivity index (χ1n) is 3.81. The van der Waals surface area contributed by atoms with Gasteiger partial charge >= 0.3 is 0 Å². The predicted molar refractivity (Wildman–Crippen MR) is 48.1 cm³/mol. The summed E-state index contributed by atoms with van der Waals surface area (Å²) in [5.74, 6) is 0. The molecule has 1 heterocycles. The van der Waals surface area contributed by atoms with Crippen molar-refractivity contribution < 1.29 is 4.74 Å². The van der Waals surface area contributed by atoms with Crippen molar-refractivity contribution in [1.29, 1.82) is 0 Å². The maximum Gasteiger partial charge on any atom is 0.133 e. The molecule has 1 aromatic heterocycles. The lowest BCUT2D eigenvalue weighted by Crippen LogP contribution is -2.03. The van der Waals surface area contributed by atoms with Crippen LogP contribution in [-0.2, 0) is 11.2 Å². The van der Waals surface area contributed by atoms with Crippen LogP contribution in [0.4, 0.5) is 0 Å². The van der Waals surface area contributed by atoms with Gasteiger partial charge in [0.05, 0.1) is 12.6 Å². The summed E-state index contributed by atoms with van der Waals surface area (Å²) in [4.78, 5) is 0. The summed E-state index contributed by atoms with van der Waals surface area (Å²) in [6.07, 6.45) is 0.820. The van der Waals surface area contributed by atoms with Crippen molar-refractivity contribution in [2.45, 2.75) is 19.4 Å². The lowest BCUT2D eigenvalue weighted by atomic mass is 10.4. The van der Waals surface area contributed by atoms with Gasteiger partial charge in [0.2, 0.25) is 0 Å². The summed E-state index contributed by atoms with van der Waals surface area (Å²) < 4.78 is 4.92. The molecule has 0 spiro atoms. The highest BCUT2D eigenvalue weighted by molar-refractivity contribution is 7.11. The quantitative estimate of drug-likeness (QED) is 0.755. The highest BCUT2D eigenvalue weighted by Crippen LogP contribution is 2.15. The van der Waals surface area contributed by atoms with E-state index in [9.17, 15) is 0 Å². The number of aromatic nitrogens is 2. The first kappa shape index (κ1) is 9.57. The van der Waals surface area contributed by atoms with E-state index >= 15 is 0 Å². The average molecular weight is 187 g/mol. The van der Waals surface area contributed by atoms with E-state index in [1.165, 1.54) is 0 Å². The summed E-state index contributed by atoms with van der Waals surface area (Å²) in [6, 6.07) is -0.0150. The normalized spacial score (nSPS) is 13.2. The second-order valence-corrected chi connectivity index (χ2v) is 3.66. The van der Waals surface area contributed by atoms with Crippen LogP contribution >= 0.6 is 11.3 Å². The second-order valence-electron chi connectivity index (χ2n) is 2.57. The van der Waals surface area contributed by atoms with Gasteiger partial charge in [0.25, 0.3) is 0 Å². The molecule has 0 aliphatic carbocycles. The molecular formula is C7H13N3OS. The Balaban J connectivity index is 2.52. The van der Waals surface area contributed by atoms with Gasteiger partial charge in [-0.3, -0.25) is 0 Å². The van der Waals surface area contributed by atoms with Crippen LogP contribution in [-0.4, -0.2) is 23.9 Å². The van der Waals surface area contributed by atoms with Crippen LogP contribution in [0.3, 0.4) is 0 Å². The first-order chi connectivity index (χ1) is 5.74. The summed E-state index contributed by atoms with van der Waals surface area (Å²) in [7, 11) is 1.67. The van der Waals surface area contributed by atoms with Crippen molar-refractivity contribution in [3.63, 3.8) is 0 Å². The van der Waals surface area contributed by atoms with Crippen LogP contribution in [0.15, 0.2) is 0 Å². The second kappa shape index (κ2) is 4.49. The molecule has 5 heteroatoms. The minimum absolute atomic E-state index is 0.0150. The number of nitrogens with two attached hydrogens (primary N) is 1. The van der Waals surface area contributed by atoms with Gasteiger partial charge in [-0.1, -0.05) is 11.3 Å². The van der Waals surface area contributed by atoms with E-state index in [0.29, 0.717) is 6.61 Å². The Bertz CT molecular complexity index is 236. The van der Waals surface area contributed by atoms with E-state index in [-0.39, 0.29) is 6.04 Å². The smallest absolute Gasteiger partial charge is 0.133 e. The van der Waals surface area contributed by atoms with Crippen molar-refractivity contribution in [2.24, 2.45) is 5.73 Å². The van der Waals surface area contributed by atoms with Crippen LogP contribution < -0.4 is 5.73 Å². The van der Waals surface area contributed by atoms with Crippen LogP contribution in [0.2, 0.25) is 0 Å². The van der Waals surface area contributed by atoms with E-state index in [1.54, 1.807) is 18.4 Å². The molecule has 1 unspecified atom stereocenters. The number of rotatable bonds is 4. The molecule has 0 bridgehead atoms. The number of hydrogen-bond donors (Lipinski definition) is 1. The molecule has 0 amide bonds. The summed E-state index contributed by atoms with van der Waals surface area (Å²) >= 11 is 1.55. The molecule has 0 aromatic carbocycles. The number of hydrogen-bond acceptors (Lipinski definition) is 5. The molecular weight excluding hydrogens is 174 g/mol. The first-order valence-corrected chi connectivity index (χ1v) is 4.62. The van der Waals surface area contributed by atoms with Gasteiger partial charge in [0, 0.05) is 13.5 Å². The summed E-state index contributed by atoms with van der Waals surface area (Å²) in [5, 5.41) is 9.82. The number of methoxy groups -OCH3 is 1. The van der Waals surface area contributed by atoms with Crippen molar-refractivity contribution in [2.75, 3.05) is 13.7 Å². The number of nitrogens with zero attached hydrogens (tertiary/aromatic N) is 2. The van der Waals surface area contributed by atoms with E-state index < -0.39 is 0 Å². The summed E-state index contributed by atoms with van der Waals surface area (Å²) in [6.45, 7) is 2.59. The van der Waals surface area contributed by atoms with Gasteiger partial charge in [-0.2, -0.15) is 0 Å². The standard InChI is InChI=1S/C7H13N3OS/c1-5(8)7-10-9-6(12-7)3-4-11-2/h5H,3-4,8H2,1-2H3. The Kier molecular flexibility index (Phi) is 3.58. The Morgan fingerprint density at radius 3 is 2.83 bits per heavy atom. The molecule has 1 aromatic rings. The van der Waals surface area contributed by atoms with Crippen LogP contribution in [0.5, 0.6) is 0 Å². The monoisotopic (exact) mass is 187 g/mol. The molecule has 4 nitrogen and oxygen atoms in total. The predicted octanol–water partition coefficient (Wildman–Crippen LogP) is 0.747. The van der Waals surface area contributed by atoms with Crippen LogP contribution in [0.25, 0.3) is 0 Å². The molecule has 0 saturated heterocycles. The Hall–Kier alpha value is -0.520. The van der Waals surface area contributed by atoms with Crippen molar-refractivity contribution in [1.82, 2.24) is 10.2 Å². The Labute approximate surface area is 75.8 Å². The van der Waals surface area contributed by atoms with E-state index in [1.807, 2.05) is 6.92 Å². The Morgan fingerprint density at radius 2 is 2.33 bits per heavy atom. The van der Waals surface area contributed by atoms with Gasteiger partial charge in [0.1, 0.15) is 10.0 Å². The third-order valence-corrected chi connectivity index (χ3v) is 2.58. The molecule has 0 fully saturated rings. The van der Waals surface area contributed by atoms with Crippen molar-refractivity contribution in [3.8, 4) is 0 Å². The molecule has 0 saturated carbocycles. The molecule has 0 aliphatic heterocycles. The molecule has 1 atom stereocenters. The SMILES string of the molecule is COCCc1nnc(C(C)N)s1. The molecule has 12 heavy (non-hydrogen) atoms. The lowest BCUT2D eigenvalue weighted by Gasteiger charge is -1.94. The van der Waals surface area contributed by atoms with Gasteiger partial charge in [-0.15, -0.1) is 10.2 Å². The van der Waals surface area contributed by atoms with E-state index in [2.05, 4.69) is 10.2 Å². The van der Waals surface area contributed by atoms with Gasteiger partial charge in [-0.25, -0.2) is 0 Å². The fourth-order valence-electron chi connectivity index (χ4n) is 0.741. The third-order valence-electron chi connectivity index (χ3n) is 1.39. The minimum atomic E-state index is -0.0150. The van der Waals surface area contributed by atoms with Crippen LogP contribution in [0, 0.1) is 0 Å². The summed E-state index contributed by atoms with van der Waals surface area (Å²) in [5.41, 5.74) is 5.63. The fraction of sp³-hybridized carbons (Fsp3) is 0.714. The molecule has 0 radical (unpaired) electrons. The molecule has 0 aliphatic rings. The minimum Gasteiger partial charge on any atom is -0.384 e.